The summed E-state index contributed by atoms with van der Waals surface area (Å²) < 4.78 is 6.58. The minimum atomic E-state index is -1.11. The van der Waals surface area contributed by atoms with Gasteiger partial charge in [-0.2, -0.15) is 9.61 Å². The topological polar surface area (TPSA) is 107 Å². The van der Waals surface area contributed by atoms with E-state index < -0.39 is 5.97 Å². The third-order valence-corrected chi connectivity index (χ3v) is 3.31. The SMILES string of the molecule is O=C(O)c1ccncc1OCc1cc(=O)n2ncsc2n1. The van der Waals surface area contributed by atoms with E-state index in [1.807, 2.05) is 0 Å². The maximum atomic E-state index is 11.8. The predicted octanol–water partition coefficient (Wildman–Crippen LogP) is 0.823. The zero-order valence-electron chi connectivity index (χ0n) is 10.5. The molecule has 8 nitrogen and oxygen atoms in total. The van der Waals surface area contributed by atoms with E-state index in [-0.39, 0.29) is 23.5 Å². The quantitative estimate of drug-likeness (QED) is 0.760. The fraction of sp³-hybridized carbons (Fsp3) is 0.0833. The van der Waals surface area contributed by atoms with E-state index in [4.69, 9.17) is 9.84 Å². The molecule has 0 radical (unpaired) electrons. The van der Waals surface area contributed by atoms with Gasteiger partial charge in [0.05, 0.1) is 11.9 Å². The molecular formula is C12H8N4O4S. The molecule has 0 bridgehead atoms. The highest BCUT2D eigenvalue weighted by atomic mass is 32.1. The Kier molecular flexibility index (Phi) is 3.32. The molecule has 0 unspecified atom stereocenters. The van der Waals surface area contributed by atoms with Gasteiger partial charge < -0.3 is 9.84 Å². The van der Waals surface area contributed by atoms with Gasteiger partial charge in [-0.15, -0.1) is 0 Å². The van der Waals surface area contributed by atoms with E-state index in [0.717, 1.165) is 0 Å². The average molecular weight is 304 g/mol. The summed E-state index contributed by atoms with van der Waals surface area (Å²) in [5.74, 6) is -0.991. The number of hydrogen-bond donors (Lipinski definition) is 1. The number of pyridine rings is 1. The summed E-state index contributed by atoms with van der Waals surface area (Å²) in [7, 11) is 0. The second-order valence-corrected chi connectivity index (χ2v) is 4.80. The summed E-state index contributed by atoms with van der Waals surface area (Å²) in [5, 5.41) is 12.9. The Morgan fingerprint density at radius 3 is 3.14 bits per heavy atom. The highest BCUT2D eigenvalue weighted by Gasteiger charge is 2.12. The molecular weight excluding hydrogens is 296 g/mol. The van der Waals surface area contributed by atoms with Crippen molar-refractivity contribution in [3.8, 4) is 5.75 Å². The lowest BCUT2D eigenvalue weighted by molar-refractivity contribution is 0.0691. The van der Waals surface area contributed by atoms with Crippen molar-refractivity contribution >= 4 is 22.3 Å². The predicted molar refractivity (Wildman–Crippen MR) is 72.7 cm³/mol. The average Bonchev–Trinajstić information content (AvgIpc) is 2.94. The molecule has 0 saturated carbocycles. The van der Waals surface area contributed by atoms with Gasteiger partial charge in [-0.1, -0.05) is 11.3 Å². The molecule has 0 aliphatic carbocycles. The lowest BCUT2D eigenvalue weighted by Gasteiger charge is -2.07. The van der Waals surface area contributed by atoms with Crippen LogP contribution in [0.1, 0.15) is 16.1 Å². The Bertz CT molecular complexity index is 873. The largest absolute Gasteiger partial charge is 0.485 e. The number of carboxylic acid groups (broad SMARTS) is 1. The normalized spacial score (nSPS) is 10.7. The number of ether oxygens (including phenoxy) is 1. The molecule has 3 aromatic heterocycles. The van der Waals surface area contributed by atoms with Gasteiger partial charge in [0.1, 0.15) is 17.7 Å². The minimum absolute atomic E-state index is 0.000547. The molecule has 3 aromatic rings. The van der Waals surface area contributed by atoms with Crippen LogP contribution in [0.25, 0.3) is 4.96 Å². The molecule has 0 aromatic carbocycles. The van der Waals surface area contributed by atoms with E-state index >= 15 is 0 Å². The molecule has 0 atom stereocenters. The third kappa shape index (κ3) is 2.58. The van der Waals surface area contributed by atoms with Crippen molar-refractivity contribution < 1.29 is 14.6 Å². The van der Waals surface area contributed by atoms with Crippen molar-refractivity contribution in [2.75, 3.05) is 0 Å². The lowest BCUT2D eigenvalue weighted by atomic mass is 10.2. The number of carbonyl (C=O) groups is 1. The summed E-state index contributed by atoms with van der Waals surface area (Å²) in [4.78, 5) is 31.3. The van der Waals surface area contributed by atoms with Gasteiger partial charge in [0.2, 0.25) is 4.96 Å². The number of hydrogen-bond acceptors (Lipinski definition) is 7. The first kappa shape index (κ1) is 13.2. The van der Waals surface area contributed by atoms with Gasteiger partial charge in [0.25, 0.3) is 5.56 Å². The summed E-state index contributed by atoms with van der Waals surface area (Å²) >= 11 is 1.22. The van der Waals surface area contributed by atoms with Crippen LogP contribution in [-0.4, -0.2) is 30.7 Å². The molecule has 0 fully saturated rings. The first-order chi connectivity index (χ1) is 10.1. The van der Waals surface area contributed by atoms with E-state index in [1.165, 1.54) is 45.9 Å². The van der Waals surface area contributed by atoms with Crippen molar-refractivity contribution in [1.82, 2.24) is 19.6 Å². The summed E-state index contributed by atoms with van der Waals surface area (Å²) in [5.41, 5.74) is 1.59. The van der Waals surface area contributed by atoms with Gasteiger partial charge in [0.15, 0.2) is 5.75 Å². The molecule has 0 aliphatic rings. The summed E-state index contributed by atoms with van der Waals surface area (Å²) in [6, 6.07) is 2.63. The Labute approximate surface area is 121 Å². The monoisotopic (exact) mass is 304 g/mol. The van der Waals surface area contributed by atoms with Gasteiger partial charge in [-0.25, -0.2) is 9.78 Å². The van der Waals surface area contributed by atoms with Crippen LogP contribution < -0.4 is 10.3 Å². The molecule has 0 aliphatic heterocycles. The van der Waals surface area contributed by atoms with Gasteiger partial charge in [0, 0.05) is 12.3 Å². The van der Waals surface area contributed by atoms with Gasteiger partial charge in [-0.05, 0) is 6.07 Å². The molecule has 21 heavy (non-hydrogen) atoms. The van der Waals surface area contributed by atoms with Gasteiger partial charge in [-0.3, -0.25) is 9.78 Å². The van der Waals surface area contributed by atoms with Crippen molar-refractivity contribution in [2.24, 2.45) is 0 Å². The van der Waals surface area contributed by atoms with E-state index in [9.17, 15) is 9.59 Å². The van der Waals surface area contributed by atoms with E-state index in [2.05, 4.69) is 15.1 Å². The number of carboxylic acids is 1. The highest BCUT2D eigenvalue weighted by Crippen LogP contribution is 2.17. The van der Waals surface area contributed by atoms with Crippen molar-refractivity contribution in [2.45, 2.75) is 6.61 Å². The third-order valence-electron chi connectivity index (χ3n) is 2.63. The maximum Gasteiger partial charge on any atom is 0.339 e. The fourth-order valence-corrected chi connectivity index (χ4v) is 2.34. The van der Waals surface area contributed by atoms with Crippen LogP contribution in [0.15, 0.2) is 34.8 Å². The molecule has 1 N–H and O–H groups in total. The summed E-state index contributed by atoms with van der Waals surface area (Å²) in [6.45, 7) is -0.0321. The number of aromatic nitrogens is 4. The van der Waals surface area contributed by atoms with Crippen LogP contribution in [0, 0.1) is 0 Å². The first-order valence-electron chi connectivity index (χ1n) is 5.78. The number of aromatic carboxylic acids is 1. The molecule has 3 heterocycles. The summed E-state index contributed by atoms with van der Waals surface area (Å²) in [6.07, 6.45) is 2.67. The molecule has 106 valence electrons. The molecule has 0 amide bonds. The Morgan fingerprint density at radius 1 is 1.48 bits per heavy atom. The van der Waals surface area contributed by atoms with Crippen molar-refractivity contribution in [1.29, 1.82) is 0 Å². The molecule has 0 saturated heterocycles. The van der Waals surface area contributed by atoms with Crippen molar-refractivity contribution in [3.05, 3.63) is 51.6 Å². The lowest BCUT2D eigenvalue weighted by Crippen LogP contribution is -2.16. The van der Waals surface area contributed by atoms with Crippen molar-refractivity contribution in [3.63, 3.8) is 0 Å². The molecule has 0 spiro atoms. The second-order valence-electron chi connectivity index (χ2n) is 3.98. The number of rotatable bonds is 4. The van der Waals surface area contributed by atoms with Crippen LogP contribution in [-0.2, 0) is 6.61 Å². The molecule has 3 rings (SSSR count). The zero-order chi connectivity index (χ0) is 14.8. The minimum Gasteiger partial charge on any atom is -0.485 e. The van der Waals surface area contributed by atoms with Crippen LogP contribution in [0.5, 0.6) is 5.75 Å². The number of nitrogens with zero attached hydrogens (tertiary/aromatic N) is 4. The Morgan fingerprint density at radius 2 is 2.33 bits per heavy atom. The fourth-order valence-electron chi connectivity index (χ4n) is 1.70. The maximum absolute atomic E-state index is 11.8. The molecule has 9 heteroatoms. The van der Waals surface area contributed by atoms with E-state index in [1.54, 1.807) is 0 Å². The first-order valence-corrected chi connectivity index (χ1v) is 6.65. The van der Waals surface area contributed by atoms with Crippen LogP contribution in [0.2, 0.25) is 0 Å². The number of fused-ring (bicyclic) bond motifs is 1. The zero-order valence-corrected chi connectivity index (χ0v) is 11.3. The van der Waals surface area contributed by atoms with E-state index in [0.29, 0.717) is 10.7 Å². The standard InChI is InChI=1S/C12H8N4O4S/c17-10-3-7(15-12-16(10)14-6-21-12)5-20-9-4-13-2-1-8(9)11(18)19/h1-4,6H,5H2,(H,18,19). The Hall–Kier alpha value is -2.81. The van der Waals surface area contributed by atoms with Crippen LogP contribution in [0.4, 0.5) is 0 Å². The van der Waals surface area contributed by atoms with Crippen LogP contribution in [0.3, 0.4) is 0 Å². The smallest absolute Gasteiger partial charge is 0.339 e. The van der Waals surface area contributed by atoms with Gasteiger partial charge >= 0.3 is 5.97 Å². The highest BCUT2D eigenvalue weighted by molar-refractivity contribution is 7.14. The second kappa shape index (κ2) is 5.29. The Balaban J connectivity index is 1.87. The van der Waals surface area contributed by atoms with Crippen LogP contribution >= 0.6 is 11.3 Å².